The van der Waals surface area contributed by atoms with Crippen molar-refractivity contribution in [2.45, 2.75) is 52.0 Å². The molecule has 10 heteroatoms. The molecular formula is C15H20N4O5S. The number of nitrogens with zero attached hydrogens (tertiary/aromatic N) is 3. The van der Waals surface area contributed by atoms with Crippen LogP contribution in [0.4, 0.5) is 5.95 Å². The van der Waals surface area contributed by atoms with E-state index in [2.05, 4.69) is 9.97 Å². The van der Waals surface area contributed by atoms with Gasteiger partial charge in [0.2, 0.25) is 11.8 Å². The van der Waals surface area contributed by atoms with E-state index in [1.807, 2.05) is 13.8 Å². The molecule has 0 aliphatic carbocycles. The minimum absolute atomic E-state index is 0.00317. The van der Waals surface area contributed by atoms with E-state index in [-0.39, 0.29) is 22.8 Å². The molecule has 0 saturated carbocycles. The van der Waals surface area contributed by atoms with Crippen molar-refractivity contribution in [2.24, 2.45) is 0 Å². The molecule has 1 aliphatic heterocycles. The van der Waals surface area contributed by atoms with Gasteiger partial charge >= 0.3 is 10.8 Å². The first-order chi connectivity index (χ1) is 11.9. The van der Waals surface area contributed by atoms with Gasteiger partial charge in [-0.15, -0.1) is 0 Å². The number of ether oxygens (including phenoxy) is 3. The Balaban J connectivity index is 2.12. The molecule has 0 amide bonds. The van der Waals surface area contributed by atoms with Gasteiger partial charge in [0.25, 0.3) is 0 Å². The largest absolute Gasteiger partial charge is 0.477 e. The summed E-state index contributed by atoms with van der Waals surface area (Å²) in [5.41, 5.74) is 6.09. The van der Waals surface area contributed by atoms with E-state index >= 15 is 0 Å². The first-order valence-corrected chi connectivity index (χ1v) is 8.90. The lowest BCUT2D eigenvalue weighted by Gasteiger charge is -2.19. The summed E-state index contributed by atoms with van der Waals surface area (Å²) in [5, 5.41) is 0. The highest BCUT2D eigenvalue weighted by Gasteiger charge is 2.40. The molecule has 9 nitrogen and oxygen atoms in total. The molecule has 0 radical (unpaired) electrons. The second kappa shape index (κ2) is 6.96. The number of anilines is 1. The highest BCUT2D eigenvalue weighted by atomic mass is 32.1. The van der Waals surface area contributed by atoms with Crippen LogP contribution in [0, 0.1) is 0 Å². The number of carbonyl (C=O) groups is 1. The number of nitrogen functional groups attached to an aromatic ring is 1. The Labute approximate surface area is 147 Å². The summed E-state index contributed by atoms with van der Waals surface area (Å²) < 4.78 is 18.7. The van der Waals surface area contributed by atoms with E-state index in [0.29, 0.717) is 23.4 Å². The van der Waals surface area contributed by atoms with Crippen LogP contribution in [0.3, 0.4) is 0 Å². The minimum Gasteiger partial charge on any atom is -0.477 e. The maximum absolute atomic E-state index is 12.6. The highest BCUT2D eigenvalue weighted by Crippen LogP contribution is 2.36. The van der Waals surface area contributed by atoms with E-state index in [9.17, 15) is 9.59 Å². The Kier molecular flexibility index (Phi) is 4.91. The first-order valence-electron chi connectivity index (χ1n) is 8.08. The van der Waals surface area contributed by atoms with Gasteiger partial charge in [-0.1, -0.05) is 18.3 Å². The minimum atomic E-state index is -0.751. The zero-order valence-electron chi connectivity index (χ0n) is 14.2. The van der Waals surface area contributed by atoms with Crippen molar-refractivity contribution >= 4 is 33.6 Å². The quantitative estimate of drug-likeness (QED) is 0.788. The monoisotopic (exact) mass is 368 g/mol. The molecule has 3 rings (SSSR count). The van der Waals surface area contributed by atoms with E-state index in [1.54, 1.807) is 0 Å². The normalized spacial score (nSPS) is 23.1. The van der Waals surface area contributed by atoms with Gasteiger partial charge in [-0.3, -0.25) is 14.2 Å². The molecule has 0 aromatic carbocycles. The van der Waals surface area contributed by atoms with Gasteiger partial charge in [0, 0.05) is 13.3 Å². The smallest absolute Gasteiger partial charge is 0.311 e. The third-order valence-electron chi connectivity index (χ3n) is 3.90. The second-order valence-electron chi connectivity index (χ2n) is 5.65. The zero-order chi connectivity index (χ0) is 18.1. The van der Waals surface area contributed by atoms with E-state index in [0.717, 1.165) is 17.8 Å². The Morgan fingerprint density at radius 3 is 2.84 bits per heavy atom. The number of aromatic nitrogens is 3. The van der Waals surface area contributed by atoms with Crippen molar-refractivity contribution in [3.63, 3.8) is 0 Å². The lowest BCUT2D eigenvalue weighted by Crippen LogP contribution is -2.30. The number of carbonyl (C=O) groups excluding carboxylic acids is 1. The SMILES string of the molecule is CCOc1nc(N)nc2c1sc(=O)n2[C@@H]1O[C@H](CC)C[C@H]1OC(C)=O. The average Bonchev–Trinajstić information content (AvgIpc) is 3.07. The van der Waals surface area contributed by atoms with Crippen LogP contribution in [0.5, 0.6) is 5.88 Å². The van der Waals surface area contributed by atoms with Crippen molar-refractivity contribution in [1.29, 1.82) is 0 Å². The van der Waals surface area contributed by atoms with Gasteiger partial charge in [-0.05, 0) is 13.3 Å². The van der Waals surface area contributed by atoms with Crippen LogP contribution >= 0.6 is 11.3 Å². The van der Waals surface area contributed by atoms with E-state index in [1.165, 1.54) is 11.5 Å². The summed E-state index contributed by atoms with van der Waals surface area (Å²) in [5.74, 6) is -0.163. The van der Waals surface area contributed by atoms with Crippen LogP contribution in [0.2, 0.25) is 0 Å². The molecule has 1 aliphatic rings. The topological polar surface area (TPSA) is 119 Å². The molecule has 2 N–H and O–H groups in total. The van der Waals surface area contributed by atoms with E-state index < -0.39 is 18.3 Å². The Morgan fingerprint density at radius 1 is 1.44 bits per heavy atom. The molecule has 3 heterocycles. The molecule has 0 bridgehead atoms. The maximum Gasteiger partial charge on any atom is 0.311 e. The van der Waals surface area contributed by atoms with Crippen molar-refractivity contribution in [3.8, 4) is 5.88 Å². The number of fused-ring (bicyclic) bond motifs is 1. The van der Waals surface area contributed by atoms with Crippen LogP contribution in [-0.2, 0) is 14.3 Å². The zero-order valence-corrected chi connectivity index (χ0v) is 15.0. The standard InChI is InChI=1S/C15H20N4O5S/c1-4-8-6-9(23-7(3)20)13(24-8)19-11-10(25-15(19)21)12(22-5-2)18-14(16)17-11/h8-9,13H,4-6H2,1-3H3,(H2,16,17,18)/t8-,9-,13-/m1/s1. The van der Waals surface area contributed by atoms with Gasteiger partial charge in [0.1, 0.15) is 10.8 Å². The fourth-order valence-electron chi connectivity index (χ4n) is 2.89. The Bertz CT molecular complexity index is 848. The van der Waals surface area contributed by atoms with Gasteiger partial charge in [-0.2, -0.15) is 9.97 Å². The molecule has 3 atom stereocenters. The third-order valence-corrected chi connectivity index (χ3v) is 4.83. The summed E-state index contributed by atoms with van der Waals surface area (Å²) in [6.45, 7) is 5.50. The molecule has 136 valence electrons. The van der Waals surface area contributed by atoms with Crippen LogP contribution < -0.4 is 15.3 Å². The van der Waals surface area contributed by atoms with Crippen LogP contribution in [0.1, 0.15) is 39.8 Å². The lowest BCUT2D eigenvalue weighted by molar-refractivity contribution is -0.152. The predicted molar refractivity (Wildman–Crippen MR) is 91.6 cm³/mol. The molecule has 0 unspecified atom stereocenters. The van der Waals surface area contributed by atoms with Crippen molar-refractivity contribution in [1.82, 2.24) is 14.5 Å². The number of esters is 1. The fourth-order valence-corrected chi connectivity index (χ4v) is 3.79. The molecular weight excluding hydrogens is 348 g/mol. The van der Waals surface area contributed by atoms with Gasteiger partial charge in [0.15, 0.2) is 11.9 Å². The van der Waals surface area contributed by atoms with Gasteiger partial charge < -0.3 is 19.9 Å². The summed E-state index contributed by atoms with van der Waals surface area (Å²) in [6.07, 6.45) is -0.166. The number of hydrogen-bond donors (Lipinski definition) is 1. The molecule has 2 aromatic heterocycles. The molecule has 0 spiro atoms. The van der Waals surface area contributed by atoms with Crippen LogP contribution in [0.15, 0.2) is 4.79 Å². The van der Waals surface area contributed by atoms with Crippen LogP contribution in [-0.4, -0.2) is 39.3 Å². The molecule has 2 aromatic rings. The summed E-state index contributed by atoms with van der Waals surface area (Å²) in [7, 11) is 0. The Hall–Kier alpha value is -2.20. The van der Waals surface area contributed by atoms with Crippen molar-refractivity contribution in [3.05, 3.63) is 9.67 Å². The number of hydrogen-bond acceptors (Lipinski definition) is 9. The average molecular weight is 368 g/mol. The van der Waals surface area contributed by atoms with Crippen molar-refractivity contribution < 1.29 is 19.0 Å². The van der Waals surface area contributed by atoms with E-state index in [4.69, 9.17) is 19.9 Å². The predicted octanol–water partition coefficient (Wildman–Crippen LogP) is 1.46. The number of thiazole rings is 1. The number of nitrogens with two attached hydrogens (primary N) is 1. The molecule has 25 heavy (non-hydrogen) atoms. The maximum atomic E-state index is 12.6. The van der Waals surface area contributed by atoms with Crippen LogP contribution in [0.25, 0.3) is 10.3 Å². The highest BCUT2D eigenvalue weighted by molar-refractivity contribution is 7.16. The molecule has 1 fully saturated rings. The number of rotatable bonds is 5. The van der Waals surface area contributed by atoms with Gasteiger partial charge in [0.05, 0.1) is 12.7 Å². The fraction of sp³-hybridized carbons (Fsp3) is 0.600. The summed E-state index contributed by atoms with van der Waals surface area (Å²) >= 11 is 0.952. The lowest BCUT2D eigenvalue weighted by atomic mass is 10.1. The summed E-state index contributed by atoms with van der Waals surface area (Å²) in [4.78, 5) is 32.0. The molecule has 1 saturated heterocycles. The first kappa shape index (κ1) is 17.6. The van der Waals surface area contributed by atoms with Gasteiger partial charge in [-0.25, -0.2) is 0 Å². The Morgan fingerprint density at radius 2 is 2.20 bits per heavy atom. The third kappa shape index (κ3) is 3.31. The summed E-state index contributed by atoms with van der Waals surface area (Å²) in [6, 6.07) is 0. The second-order valence-corrected chi connectivity index (χ2v) is 6.61. The van der Waals surface area contributed by atoms with Crippen molar-refractivity contribution in [2.75, 3.05) is 12.3 Å².